The number of carbonyl (C=O) groups is 1. The highest BCUT2D eigenvalue weighted by molar-refractivity contribution is 5.67. The molecule has 0 bridgehead atoms. The summed E-state index contributed by atoms with van der Waals surface area (Å²) in [5.74, 6) is -0.866. The van der Waals surface area contributed by atoms with Crippen LogP contribution in [0.2, 0.25) is 0 Å². The number of aryl methyl sites for hydroxylation is 2. The summed E-state index contributed by atoms with van der Waals surface area (Å²) in [6.45, 7) is 4.52. The number of nitrogens with one attached hydrogen (secondary N) is 1. The molecule has 1 rings (SSSR count). The zero-order valence-corrected chi connectivity index (χ0v) is 9.66. The van der Waals surface area contributed by atoms with Gasteiger partial charge in [0, 0.05) is 18.3 Å². The predicted octanol–water partition coefficient (Wildman–Crippen LogP) is 1.52. The molecule has 0 aliphatic heterocycles. The molecule has 0 amide bonds. The van der Waals surface area contributed by atoms with E-state index < -0.39 is 5.97 Å². The highest BCUT2D eigenvalue weighted by Gasteiger charge is 2.08. The molecule has 0 spiro atoms. The number of carboxylic acid groups (broad SMARTS) is 1. The van der Waals surface area contributed by atoms with E-state index in [-0.39, 0.29) is 12.5 Å². The summed E-state index contributed by atoms with van der Waals surface area (Å²) in [6.07, 6.45) is -0.0160. The highest BCUT2D eigenvalue weighted by Crippen LogP contribution is 2.15. The Morgan fingerprint density at radius 3 is 2.75 bits per heavy atom. The van der Waals surface area contributed by atoms with Crippen molar-refractivity contribution in [1.82, 2.24) is 0 Å². The lowest BCUT2D eigenvalue weighted by Gasteiger charge is -2.13. The first-order valence-corrected chi connectivity index (χ1v) is 5.27. The van der Waals surface area contributed by atoms with Crippen molar-refractivity contribution in [2.75, 3.05) is 11.9 Å². The van der Waals surface area contributed by atoms with Crippen molar-refractivity contribution in [3.63, 3.8) is 0 Å². The normalized spacial score (nSPS) is 12.2. The maximum absolute atomic E-state index is 10.4. The Morgan fingerprint density at radius 2 is 2.19 bits per heavy atom. The number of anilines is 1. The van der Waals surface area contributed by atoms with Crippen LogP contribution in [0.4, 0.5) is 5.69 Å². The molecular formula is C12H18N2O2. The third kappa shape index (κ3) is 3.90. The lowest BCUT2D eigenvalue weighted by Crippen LogP contribution is -2.31. The van der Waals surface area contributed by atoms with E-state index in [0.29, 0.717) is 6.54 Å². The van der Waals surface area contributed by atoms with Crippen LogP contribution >= 0.6 is 0 Å². The van der Waals surface area contributed by atoms with Crippen molar-refractivity contribution in [3.8, 4) is 0 Å². The average Bonchev–Trinajstić information content (AvgIpc) is 2.15. The van der Waals surface area contributed by atoms with E-state index in [2.05, 4.69) is 11.4 Å². The second-order valence-electron chi connectivity index (χ2n) is 4.06. The monoisotopic (exact) mass is 222 g/mol. The molecular weight excluding hydrogens is 204 g/mol. The van der Waals surface area contributed by atoms with Gasteiger partial charge in [0.15, 0.2) is 0 Å². The lowest BCUT2D eigenvalue weighted by atomic mass is 10.1. The Kier molecular flexibility index (Phi) is 4.31. The Balaban J connectivity index is 2.51. The molecule has 0 aromatic heterocycles. The largest absolute Gasteiger partial charge is 0.481 e. The molecule has 1 unspecified atom stereocenters. The van der Waals surface area contributed by atoms with E-state index in [0.717, 1.165) is 11.3 Å². The van der Waals surface area contributed by atoms with Gasteiger partial charge in [-0.2, -0.15) is 0 Å². The minimum atomic E-state index is -0.866. The third-order valence-corrected chi connectivity index (χ3v) is 2.37. The maximum atomic E-state index is 10.4. The van der Waals surface area contributed by atoms with Gasteiger partial charge >= 0.3 is 5.97 Å². The molecule has 1 aromatic rings. The van der Waals surface area contributed by atoms with Gasteiger partial charge in [-0.1, -0.05) is 17.7 Å². The molecule has 16 heavy (non-hydrogen) atoms. The van der Waals surface area contributed by atoms with Gasteiger partial charge in [-0.15, -0.1) is 0 Å². The highest BCUT2D eigenvalue weighted by atomic mass is 16.4. The molecule has 88 valence electrons. The zero-order chi connectivity index (χ0) is 12.1. The van der Waals surface area contributed by atoms with Crippen LogP contribution in [-0.2, 0) is 4.79 Å². The number of aliphatic carboxylic acids is 1. The number of hydrogen-bond acceptors (Lipinski definition) is 3. The molecule has 0 saturated carbocycles. The van der Waals surface area contributed by atoms with E-state index in [4.69, 9.17) is 10.8 Å². The topological polar surface area (TPSA) is 75.3 Å². The van der Waals surface area contributed by atoms with Gasteiger partial charge in [-0.3, -0.25) is 4.79 Å². The van der Waals surface area contributed by atoms with Gasteiger partial charge in [-0.05, 0) is 25.5 Å². The summed E-state index contributed by atoms with van der Waals surface area (Å²) in [6, 6.07) is 5.71. The smallest absolute Gasteiger partial charge is 0.304 e. The Morgan fingerprint density at radius 1 is 1.50 bits per heavy atom. The molecule has 0 aliphatic carbocycles. The van der Waals surface area contributed by atoms with Gasteiger partial charge < -0.3 is 16.2 Å². The van der Waals surface area contributed by atoms with Crippen molar-refractivity contribution in [3.05, 3.63) is 29.3 Å². The van der Waals surface area contributed by atoms with E-state index in [1.165, 1.54) is 5.56 Å². The predicted molar refractivity (Wildman–Crippen MR) is 64.6 cm³/mol. The molecule has 1 atom stereocenters. The fraction of sp³-hybridized carbons (Fsp3) is 0.417. The first kappa shape index (κ1) is 12.5. The van der Waals surface area contributed by atoms with Crippen molar-refractivity contribution >= 4 is 11.7 Å². The SMILES string of the molecule is Cc1ccc(NCC(N)CC(=O)O)c(C)c1. The number of rotatable bonds is 5. The summed E-state index contributed by atoms with van der Waals surface area (Å²) in [7, 11) is 0. The summed E-state index contributed by atoms with van der Waals surface area (Å²) in [5, 5.41) is 11.7. The summed E-state index contributed by atoms with van der Waals surface area (Å²) in [5.41, 5.74) is 9.01. The summed E-state index contributed by atoms with van der Waals surface area (Å²) >= 11 is 0. The fourth-order valence-corrected chi connectivity index (χ4v) is 1.55. The van der Waals surface area contributed by atoms with Crippen LogP contribution in [0.15, 0.2) is 18.2 Å². The molecule has 1 aromatic carbocycles. The Labute approximate surface area is 95.5 Å². The van der Waals surface area contributed by atoms with Crippen molar-refractivity contribution in [2.24, 2.45) is 5.73 Å². The van der Waals surface area contributed by atoms with E-state index >= 15 is 0 Å². The molecule has 0 heterocycles. The first-order chi connectivity index (χ1) is 7.49. The average molecular weight is 222 g/mol. The van der Waals surface area contributed by atoms with Crippen LogP contribution in [0.25, 0.3) is 0 Å². The van der Waals surface area contributed by atoms with Crippen molar-refractivity contribution in [1.29, 1.82) is 0 Å². The molecule has 0 aliphatic rings. The van der Waals surface area contributed by atoms with Crippen LogP contribution in [0.1, 0.15) is 17.5 Å². The third-order valence-electron chi connectivity index (χ3n) is 2.37. The molecule has 4 N–H and O–H groups in total. The van der Waals surface area contributed by atoms with E-state index in [9.17, 15) is 4.79 Å². The van der Waals surface area contributed by atoms with Crippen LogP contribution in [0.3, 0.4) is 0 Å². The van der Waals surface area contributed by atoms with Crippen LogP contribution in [-0.4, -0.2) is 23.7 Å². The van der Waals surface area contributed by atoms with Gasteiger partial charge in [0.05, 0.1) is 6.42 Å². The Hall–Kier alpha value is -1.55. The summed E-state index contributed by atoms with van der Waals surface area (Å²) < 4.78 is 0. The van der Waals surface area contributed by atoms with E-state index in [1.807, 2.05) is 26.0 Å². The number of benzene rings is 1. The number of hydrogen-bond donors (Lipinski definition) is 3. The van der Waals surface area contributed by atoms with Gasteiger partial charge in [-0.25, -0.2) is 0 Å². The Bertz CT molecular complexity index is 377. The number of carboxylic acids is 1. The maximum Gasteiger partial charge on any atom is 0.304 e. The second-order valence-corrected chi connectivity index (χ2v) is 4.06. The zero-order valence-electron chi connectivity index (χ0n) is 9.66. The molecule has 0 fully saturated rings. The molecule has 0 radical (unpaired) electrons. The fourth-order valence-electron chi connectivity index (χ4n) is 1.55. The van der Waals surface area contributed by atoms with Gasteiger partial charge in [0.1, 0.15) is 0 Å². The van der Waals surface area contributed by atoms with Gasteiger partial charge in [0.25, 0.3) is 0 Å². The minimum Gasteiger partial charge on any atom is -0.481 e. The van der Waals surface area contributed by atoms with Crippen LogP contribution < -0.4 is 11.1 Å². The molecule has 4 heteroatoms. The van der Waals surface area contributed by atoms with Crippen molar-refractivity contribution in [2.45, 2.75) is 26.3 Å². The van der Waals surface area contributed by atoms with Crippen LogP contribution in [0.5, 0.6) is 0 Å². The second kappa shape index (κ2) is 5.51. The molecule has 0 saturated heterocycles. The van der Waals surface area contributed by atoms with E-state index in [1.54, 1.807) is 0 Å². The first-order valence-electron chi connectivity index (χ1n) is 5.27. The van der Waals surface area contributed by atoms with Crippen molar-refractivity contribution < 1.29 is 9.90 Å². The molecule has 4 nitrogen and oxygen atoms in total. The summed E-state index contributed by atoms with van der Waals surface area (Å²) in [4.78, 5) is 10.4. The lowest BCUT2D eigenvalue weighted by molar-refractivity contribution is -0.137. The minimum absolute atomic E-state index is 0.0160. The van der Waals surface area contributed by atoms with Gasteiger partial charge in [0.2, 0.25) is 0 Å². The number of nitrogens with two attached hydrogens (primary N) is 1. The standard InChI is InChI=1S/C12H18N2O2/c1-8-3-4-11(9(2)5-8)14-7-10(13)6-12(15)16/h3-5,10,14H,6-7,13H2,1-2H3,(H,15,16). The van der Waals surface area contributed by atoms with Crippen LogP contribution in [0, 0.1) is 13.8 Å². The quantitative estimate of drug-likeness (QED) is 0.706.